The molecule has 0 aliphatic carbocycles. The fraction of sp³-hybridized carbons (Fsp3) is 0.300. The minimum absolute atomic E-state index is 0.281. The standard InChI is InChI=1S/C10H11BrF2N2O/c1-15(5-8(12)13)10(16)6-3-2-4-7(14)9(6)11/h2-4,8H,5,14H2,1H3. The zero-order valence-electron chi connectivity index (χ0n) is 8.58. The number of rotatable bonds is 3. The Morgan fingerprint density at radius 1 is 1.56 bits per heavy atom. The third kappa shape index (κ3) is 2.91. The molecule has 0 atom stereocenters. The number of hydrogen-bond acceptors (Lipinski definition) is 2. The quantitative estimate of drug-likeness (QED) is 0.870. The Bertz CT molecular complexity index is 398. The normalized spacial score (nSPS) is 10.6. The molecule has 0 saturated carbocycles. The number of nitrogens with zero attached hydrogens (tertiary/aromatic N) is 1. The third-order valence-corrected chi connectivity index (χ3v) is 2.90. The van der Waals surface area contributed by atoms with E-state index in [0.29, 0.717) is 10.2 Å². The van der Waals surface area contributed by atoms with Crippen LogP contribution < -0.4 is 5.73 Å². The maximum atomic E-state index is 12.1. The number of halogens is 3. The first-order valence-electron chi connectivity index (χ1n) is 4.51. The first kappa shape index (κ1) is 12.9. The number of carbonyl (C=O) groups excluding carboxylic acids is 1. The van der Waals surface area contributed by atoms with Crippen molar-refractivity contribution in [2.45, 2.75) is 6.43 Å². The van der Waals surface area contributed by atoms with E-state index in [9.17, 15) is 13.6 Å². The molecule has 0 fully saturated rings. The largest absolute Gasteiger partial charge is 0.398 e. The minimum atomic E-state index is -2.55. The van der Waals surface area contributed by atoms with Gasteiger partial charge in [-0.25, -0.2) is 8.78 Å². The zero-order chi connectivity index (χ0) is 12.3. The van der Waals surface area contributed by atoms with Crippen LogP contribution >= 0.6 is 15.9 Å². The van der Waals surface area contributed by atoms with E-state index in [1.807, 2.05) is 0 Å². The van der Waals surface area contributed by atoms with Crippen molar-refractivity contribution < 1.29 is 13.6 Å². The summed E-state index contributed by atoms with van der Waals surface area (Å²) in [6.45, 7) is -0.597. The molecule has 88 valence electrons. The number of carbonyl (C=O) groups is 1. The number of anilines is 1. The van der Waals surface area contributed by atoms with E-state index in [-0.39, 0.29) is 5.56 Å². The molecule has 1 rings (SSSR count). The van der Waals surface area contributed by atoms with Gasteiger partial charge in [0, 0.05) is 12.7 Å². The Hall–Kier alpha value is -1.17. The molecule has 1 aromatic rings. The molecule has 0 bridgehead atoms. The third-order valence-electron chi connectivity index (χ3n) is 2.02. The summed E-state index contributed by atoms with van der Waals surface area (Å²) in [7, 11) is 1.32. The Kier molecular flexibility index (Phi) is 4.23. The van der Waals surface area contributed by atoms with E-state index in [2.05, 4.69) is 15.9 Å². The van der Waals surface area contributed by atoms with Crippen LogP contribution in [0.15, 0.2) is 22.7 Å². The fourth-order valence-electron chi connectivity index (χ4n) is 1.21. The van der Waals surface area contributed by atoms with E-state index >= 15 is 0 Å². The molecule has 3 nitrogen and oxygen atoms in total. The van der Waals surface area contributed by atoms with Crippen molar-refractivity contribution in [1.29, 1.82) is 0 Å². The topological polar surface area (TPSA) is 46.3 Å². The number of amides is 1. The Morgan fingerprint density at radius 3 is 2.75 bits per heavy atom. The first-order chi connectivity index (χ1) is 7.43. The maximum Gasteiger partial charge on any atom is 0.255 e. The summed E-state index contributed by atoms with van der Waals surface area (Å²) in [6.07, 6.45) is -2.55. The van der Waals surface area contributed by atoms with Gasteiger partial charge in [-0.3, -0.25) is 4.79 Å². The van der Waals surface area contributed by atoms with Crippen LogP contribution in [0.3, 0.4) is 0 Å². The minimum Gasteiger partial charge on any atom is -0.398 e. The highest BCUT2D eigenvalue weighted by Gasteiger charge is 2.18. The van der Waals surface area contributed by atoms with Gasteiger partial charge < -0.3 is 10.6 Å². The molecule has 0 saturated heterocycles. The molecule has 0 radical (unpaired) electrons. The highest BCUT2D eigenvalue weighted by atomic mass is 79.9. The van der Waals surface area contributed by atoms with Crippen LogP contribution in [0.1, 0.15) is 10.4 Å². The summed E-state index contributed by atoms with van der Waals surface area (Å²) in [5.74, 6) is -0.487. The molecule has 2 N–H and O–H groups in total. The lowest BCUT2D eigenvalue weighted by atomic mass is 10.2. The van der Waals surface area contributed by atoms with Gasteiger partial charge in [0.05, 0.1) is 16.6 Å². The highest BCUT2D eigenvalue weighted by molar-refractivity contribution is 9.10. The van der Waals surface area contributed by atoms with Gasteiger partial charge >= 0.3 is 0 Å². The van der Waals surface area contributed by atoms with Gasteiger partial charge in [0.25, 0.3) is 12.3 Å². The lowest BCUT2D eigenvalue weighted by molar-refractivity contribution is 0.0619. The van der Waals surface area contributed by atoms with Crippen LogP contribution in [0.4, 0.5) is 14.5 Å². The lowest BCUT2D eigenvalue weighted by Gasteiger charge is -2.17. The monoisotopic (exact) mass is 292 g/mol. The van der Waals surface area contributed by atoms with Gasteiger partial charge in [0.2, 0.25) is 0 Å². The van der Waals surface area contributed by atoms with E-state index in [1.54, 1.807) is 12.1 Å². The molecular weight excluding hydrogens is 282 g/mol. The number of nitrogens with two attached hydrogens (primary N) is 1. The Morgan fingerprint density at radius 2 is 2.19 bits per heavy atom. The molecular formula is C10H11BrF2N2O. The lowest BCUT2D eigenvalue weighted by Crippen LogP contribution is -2.31. The van der Waals surface area contributed by atoms with Crippen LogP contribution in [-0.4, -0.2) is 30.8 Å². The number of alkyl halides is 2. The first-order valence-corrected chi connectivity index (χ1v) is 5.30. The van der Waals surface area contributed by atoms with E-state index in [0.717, 1.165) is 4.90 Å². The molecule has 1 amide bonds. The maximum absolute atomic E-state index is 12.1. The zero-order valence-corrected chi connectivity index (χ0v) is 10.2. The molecule has 0 aromatic heterocycles. The highest BCUT2D eigenvalue weighted by Crippen LogP contribution is 2.24. The van der Waals surface area contributed by atoms with Gasteiger partial charge in [0.1, 0.15) is 0 Å². The van der Waals surface area contributed by atoms with Gasteiger partial charge in [-0.15, -0.1) is 0 Å². The van der Waals surface area contributed by atoms with Gasteiger partial charge in [-0.2, -0.15) is 0 Å². The van der Waals surface area contributed by atoms with Crippen molar-refractivity contribution in [1.82, 2.24) is 4.90 Å². The summed E-state index contributed by atoms with van der Waals surface area (Å²) in [5, 5.41) is 0. The predicted octanol–water partition coefficient (Wildman–Crippen LogP) is 2.37. The Labute approximate surface area is 100 Å². The van der Waals surface area contributed by atoms with Crippen LogP contribution in [0, 0.1) is 0 Å². The van der Waals surface area contributed by atoms with Crippen LogP contribution in [-0.2, 0) is 0 Å². The molecule has 0 aliphatic rings. The molecule has 0 heterocycles. The average Bonchev–Trinajstić information content (AvgIpc) is 2.20. The molecule has 6 heteroatoms. The molecule has 1 aromatic carbocycles. The average molecular weight is 293 g/mol. The SMILES string of the molecule is CN(CC(F)F)C(=O)c1cccc(N)c1Br. The summed E-state index contributed by atoms with van der Waals surface area (Å²) < 4.78 is 24.7. The molecule has 16 heavy (non-hydrogen) atoms. The molecule has 0 spiro atoms. The van der Waals surface area contributed by atoms with Crippen molar-refractivity contribution in [3.8, 4) is 0 Å². The summed E-state index contributed by atoms with van der Waals surface area (Å²) in [4.78, 5) is 12.7. The number of nitrogen functional groups attached to an aromatic ring is 1. The van der Waals surface area contributed by atoms with Crippen molar-refractivity contribution in [3.63, 3.8) is 0 Å². The fourth-order valence-corrected chi connectivity index (χ4v) is 1.64. The van der Waals surface area contributed by atoms with E-state index < -0.39 is 18.9 Å². The van der Waals surface area contributed by atoms with Crippen molar-refractivity contribution in [2.75, 3.05) is 19.3 Å². The van der Waals surface area contributed by atoms with Gasteiger partial charge in [-0.05, 0) is 28.1 Å². The van der Waals surface area contributed by atoms with Crippen LogP contribution in [0.25, 0.3) is 0 Å². The number of hydrogen-bond donors (Lipinski definition) is 1. The second-order valence-corrected chi connectivity index (χ2v) is 4.08. The second-order valence-electron chi connectivity index (χ2n) is 3.29. The number of benzene rings is 1. The van der Waals surface area contributed by atoms with Crippen molar-refractivity contribution >= 4 is 27.5 Å². The molecule has 0 unspecified atom stereocenters. The van der Waals surface area contributed by atoms with E-state index in [1.165, 1.54) is 13.1 Å². The summed E-state index contributed by atoms with van der Waals surface area (Å²) >= 11 is 3.16. The predicted molar refractivity (Wildman–Crippen MR) is 61.5 cm³/mol. The molecule has 0 aliphatic heterocycles. The second kappa shape index (κ2) is 5.25. The smallest absolute Gasteiger partial charge is 0.255 e. The van der Waals surface area contributed by atoms with Crippen molar-refractivity contribution in [2.24, 2.45) is 0 Å². The summed E-state index contributed by atoms with van der Waals surface area (Å²) in [6, 6.07) is 4.75. The van der Waals surface area contributed by atoms with Crippen LogP contribution in [0.2, 0.25) is 0 Å². The summed E-state index contributed by atoms with van der Waals surface area (Å²) in [5.41, 5.74) is 6.27. The van der Waals surface area contributed by atoms with Gasteiger partial charge in [0.15, 0.2) is 0 Å². The van der Waals surface area contributed by atoms with Crippen molar-refractivity contribution in [3.05, 3.63) is 28.2 Å². The van der Waals surface area contributed by atoms with Gasteiger partial charge in [-0.1, -0.05) is 6.07 Å². The van der Waals surface area contributed by atoms with Crippen LogP contribution in [0.5, 0.6) is 0 Å². The van der Waals surface area contributed by atoms with E-state index in [4.69, 9.17) is 5.73 Å². The Balaban J connectivity index is 2.92.